The van der Waals surface area contributed by atoms with E-state index in [1.165, 1.54) is 11.3 Å². The summed E-state index contributed by atoms with van der Waals surface area (Å²) in [6.07, 6.45) is 5.39. The Kier molecular flexibility index (Phi) is 4.92. The number of rotatable bonds is 5. The van der Waals surface area contributed by atoms with Gasteiger partial charge < -0.3 is 4.90 Å². The Morgan fingerprint density at radius 1 is 1.19 bits per heavy atom. The van der Waals surface area contributed by atoms with Crippen LogP contribution in [0.15, 0.2) is 60.4 Å². The zero-order valence-corrected chi connectivity index (χ0v) is 16.2. The molecule has 7 heteroatoms. The van der Waals surface area contributed by atoms with Gasteiger partial charge in [-0.2, -0.15) is 0 Å². The fourth-order valence-corrected chi connectivity index (χ4v) is 3.87. The molecule has 3 aromatic heterocycles. The summed E-state index contributed by atoms with van der Waals surface area (Å²) >= 11 is 7.43. The summed E-state index contributed by atoms with van der Waals surface area (Å²) in [4.78, 5) is 24.4. The van der Waals surface area contributed by atoms with Gasteiger partial charge in [-0.3, -0.25) is 14.2 Å². The highest BCUT2D eigenvalue weighted by molar-refractivity contribution is 7.15. The van der Waals surface area contributed by atoms with Crippen LogP contribution in [0.5, 0.6) is 0 Å². The Morgan fingerprint density at radius 2 is 1.93 bits per heavy atom. The van der Waals surface area contributed by atoms with Crippen molar-refractivity contribution < 1.29 is 4.79 Å². The van der Waals surface area contributed by atoms with E-state index in [2.05, 4.69) is 9.97 Å². The molecule has 27 heavy (non-hydrogen) atoms. The number of pyridine rings is 1. The minimum atomic E-state index is -0.0133. The van der Waals surface area contributed by atoms with E-state index in [0.29, 0.717) is 23.8 Å². The van der Waals surface area contributed by atoms with Gasteiger partial charge >= 0.3 is 0 Å². The molecule has 0 aliphatic carbocycles. The van der Waals surface area contributed by atoms with Crippen molar-refractivity contribution in [2.75, 3.05) is 6.54 Å². The SMILES string of the molecule is CCN(Cc1ccncc1)C(=O)c1csc2nc(-c3ccc(Cl)cc3)cn12. The Hall–Kier alpha value is -2.70. The number of hydrogen-bond donors (Lipinski definition) is 0. The number of thiazole rings is 1. The second kappa shape index (κ2) is 7.50. The fraction of sp³-hybridized carbons (Fsp3) is 0.150. The van der Waals surface area contributed by atoms with Crippen LogP contribution in [0.4, 0.5) is 0 Å². The first-order valence-corrected chi connectivity index (χ1v) is 9.82. The van der Waals surface area contributed by atoms with Crippen LogP contribution in [-0.2, 0) is 6.54 Å². The number of benzene rings is 1. The topological polar surface area (TPSA) is 50.5 Å². The van der Waals surface area contributed by atoms with Gasteiger partial charge in [-0.05, 0) is 36.8 Å². The summed E-state index contributed by atoms with van der Waals surface area (Å²) < 4.78 is 1.87. The second-order valence-corrected chi connectivity index (χ2v) is 7.35. The Labute approximate surface area is 165 Å². The maximum absolute atomic E-state index is 13.1. The van der Waals surface area contributed by atoms with Gasteiger partial charge in [0.2, 0.25) is 0 Å². The van der Waals surface area contributed by atoms with Crippen LogP contribution >= 0.6 is 22.9 Å². The summed E-state index contributed by atoms with van der Waals surface area (Å²) in [6, 6.07) is 11.4. The molecule has 0 saturated carbocycles. The van der Waals surface area contributed by atoms with Gasteiger partial charge in [0.05, 0.1) is 5.69 Å². The van der Waals surface area contributed by atoms with Crippen LogP contribution in [0.1, 0.15) is 23.0 Å². The standard InChI is InChI=1S/C20H17ClN4OS/c1-2-24(11-14-7-9-22-10-8-14)19(26)18-13-27-20-23-17(12-25(18)20)15-3-5-16(21)6-4-15/h3-10,12-13H,2,11H2,1H3. The van der Waals surface area contributed by atoms with E-state index in [4.69, 9.17) is 11.6 Å². The molecule has 0 spiro atoms. The van der Waals surface area contributed by atoms with Gasteiger partial charge in [0.1, 0.15) is 5.69 Å². The molecule has 0 unspecified atom stereocenters. The average molecular weight is 397 g/mol. The summed E-state index contributed by atoms with van der Waals surface area (Å²) in [6.45, 7) is 3.15. The lowest BCUT2D eigenvalue weighted by Gasteiger charge is -2.20. The molecule has 1 amide bonds. The molecule has 0 fully saturated rings. The average Bonchev–Trinajstić information content (AvgIpc) is 3.28. The highest BCUT2D eigenvalue weighted by atomic mass is 35.5. The van der Waals surface area contributed by atoms with E-state index < -0.39 is 0 Å². The first-order valence-electron chi connectivity index (χ1n) is 8.56. The van der Waals surface area contributed by atoms with E-state index >= 15 is 0 Å². The Morgan fingerprint density at radius 3 is 2.63 bits per heavy atom. The lowest BCUT2D eigenvalue weighted by Crippen LogP contribution is -2.31. The van der Waals surface area contributed by atoms with Crippen molar-refractivity contribution in [3.63, 3.8) is 0 Å². The number of halogens is 1. The largest absolute Gasteiger partial charge is 0.333 e. The Bertz CT molecular complexity index is 1070. The number of carbonyl (C=O) groups excluding carboxylic acids is 1. The molecule has 0 atom stereocenters. The number of fused-ring (bicyclic) bond motifs is 1. The predicted octanol–water partition coefficient (Wildman–Crippen LogP) is 4.77. The zero-order chi connectivity index (χ0) is 18.8. The first kappa shape index (κ1) is 17.7. The smallest absolute Gasteiger partial charge is 0.272 e. The van der Waals surface area contributed by atoms with E-state index in [9.17, 15) is 4.79 Å². The number of nitrogens with zero attached hydrogens (tertiary/aromatic N) is 4. The third kappa shape index (κ3) is 3.59. The van der Waals surface area contributed by atoms with Crippen molar-refractivity contribution in [3.05, 3.63) is 76.6 Å². The molecule has 0 radical (unpaired) electrons. The number of hydrogen-bond acceptors (Lipinski definition) is 4. The van der Waals surface area contributed by atoms with Crippen LogP contribution < -0.4 is 0 Å². The molecular formula is C20H17ClN4OS. The van der Waals surface area contributed by atoms with E-state index in [1.54, 1.807) is 12.4 Å². The van der Waals surface area contributed by atoms with Crippen molar-refractivity contribution in [1.29, 1.82) is 0 Å². The summed E-state index contributed by atoms with van der Waals surface area (Å²) in [5.41, 5.74) is 3.47. The summed E-state index contributed by atoms with van der Waals surface area (Å²) in [7, 11) is 0. The van der Waals surface area contributed by atoms with Crippen LogP contribution in [0.25, 0.3) is 16.2 Å². The van der Waals surface area contributed by atoms with Gasteiger partial charge in [-0.1, -0.05) is 23.7 Å². The van der Waals surface area contributed by atoms with E-state index in [-0.39, 0.29) is 5.91 Å². The van der Waals surface area contributed by atoms with Gasteiger partial charge in [0.15, 0.2) is 4.96 Å². The molecule has 4 aromatic rings. The van der Waals surface area contributed by atoms with Crippen molar-refractivity contribution >= 4 is 33.8 Å². The molecule has 5 nitrogen and oxygen atoms in total. The maximum Gasteiger partial charge on any atom is 0.272 e. The quantitative estimate of drug-likeness (QED) is 0.488. The second-order valence-electron chi connectivity index (χ2n) is 6.08. The highest BCUT2D eigenvalue weighted by Crippen LogP contribution is 2.25. The van der Waals surface area contributed by atoms with Crippen LogP contribution in [0.3, 0.4) is 0 Å². The molecule has 0 bridgehead atoms. The number of aromatic nitrogens is 3. The zero-order valence-electron chi connectivity index (χ0n) is 14.7. The van der Waals surface area contributed by atoms with Crippen LogP contribution in [-0.4, -0.2) is 31.7 Å². The van der Waals surface area contributed by atoms with Crippen molar-refractivity contribution in [2.45, 2.75) is 13.5 Å². The van der Waals surface area contributed by atoms with Crippen molar-refractivity contribution in [2.24, 2.45) is 0 Å². The fourth-order valence-electron chi connectivity index (χ4n) is 2.90. The number of amides is 1. The van der Waals surface area contributed by atoms with Gasteiger partial charge in [0.25, 0.3) is 5.91 Å². The molecule has 136 valence electrons. The maximum atomic E-state index is 13.1. The summed E-state index contributed by atoms with van der Waals surface area (Å²) in [5.74, 6) is -0.0133. The van der Waals surface area contributed by atoms with Gasteiger partial charge in [-0.25, -0.2) is 4.98 Å². The minimum Gasteiger partial charge on any atom is -0.333 e. The molecule has 3 heterocycles. The molecule has 0 saturated heterocycles. The normalized spacial score (nSPS) is 11.0. The molecule has 0 N–H and O–H groups in total. The van der Waals surface area contributed by atoms with E-state index in [1.807, 2.05) is 64.2 Å². The molecule has 0 aliphatic heterocycles. The molecule has 0 aliphatic rings. The Balaban J connectivity index is 1.64. The first-order chi connectivity index (χ1) is 13.2. The van der Waals surface area contributed by atoms with Gasteiger partial charge in [-0.15, -0.1) is 11.3 Å². The minimum absolute atomic E-state index is 0.0133. The summed E-state index contributed by atoms with van der Waals surface area (Å²) in [5, 5.41) is 2.55. The lowest BCUT2D eigenvalue weighted by molar-refractivity contribution is 0.0746. The molecule has 4 rings (SSSR count). The third-order valence-electron chi connectivity index (χ3n) is 4.36. The molecular weight excluding hydrogens is 380 g/mol. The third-order valence-corrected chi connectivity index (χ3v) is 5.45. The monoisotopic (exact) mass is 396 g/mol. The number of carbonyl (C=O) groups is 1. The van der Waals surface area contributed by atoms with Crippen LogP contribution in [0.2, 0.25) is 5.02 Å². The van der Waals surface area contributed by atoms with Gasteiger partial charge in [0, 0.05) is 47.6 Å². The van der Waals surface area contributed by atoms with Crippen LogP contribution in [0, 0.1) is 0 Å². The van der Waals surface area contributed by atoms with E-state index in [0.717, 1.165) is 21.8 Å². The lowest BCUT2D eigenvalue weighted by atomic mass is 10.2. The number of imidazole rings is 1. The van der Waals surface area contributed by atoms with Crippen molar-refractivity contribution in [3.8, 4) is 11.3 Å². The highest BCUT2D eigenvalue weighted by Gasteiger charge is 2.20. The molecule has 1 aromatic carbocycles. The predicted molar refractivity (Wildman–Crippen MR) is 108 cm³/mol. The van der Waals surface area contributed by atoms with Crippen molar-refractivity contribution in [1.82, 2.24) is 19.3 Å².